The Labute approximate surface area is 117 Å². The Kier molecular flexibility index (Phi) is 3.03. The van der Waals surface area contributed by atoms with E-state index in [1.807, 2.05) is 43.3 Å². The number of rotatable bonds is 2. The third-order valence-electron chi connectivity index (χ3n) is 3.38. The third-order valence-corrected chi connectivity index (χ3v) is 3.38. The van der Waals surface area contributed by atoms with E-state index >= 15 is 0 Å². The summed E-state index contributed by atoms with van der Waals surface area (Å²) in [5.41, 5.74) is 0.850. The number of hydrogen-bond donors (Lipinski definition) is 0. The number of benzene rings is 2. The molecule has 3 aromatic rings. The van der Waals surface area contributed by atoms with Crippen molar-refractivity contribution < 1.29 is 9.21 Å². The molecule has 0 aliphatic heterocycles. The highest BCUT2D eigenvalue weighted by molar-refractivity contribution is 6.04. The predicted octanol–water partition coefficient (Wildman–Crippen LogP) is 4.02. The van der Waals surface area contributed by atoms with Crippen LogP contribution in [0.15, 0.2) is 59.0 Å². The van der Waals surface area contributed by atoms with Crippen molar-refractivity contribution in [1.29, 1.82) is 0 Å². The molecule has 0 aliphatic rings. The zero-order valence-corrected chi connectivity index (χ0v) is 11.5. The van der Waals surface area contributed by atoms with Crippen LogP contribution in [0.5, 0.6) is 0 Å². The molecule has 0 atom stereocenters. The van der Waals surface area contributed by atoms with E-state index in [1.165, 1.54) is 0 Å². The van der Waals surface area contributed by atoms with Crippen LogP contribution in [-0.4, -0.2) is 13.0 Å². The van der Waals surface area contributed by atoms with Gasteiger partial charge in [0.1, 0.15) is 5.76 Å². The maximum atomic E-state index is 12.3. The number of aryl methyl sites for hydroxylation is 1. The first kappa shape index (κ1) is 12.5. The van der Waals surface area contributed by atoms with Gasteiger partial charge < -0.3 is 9.32 Å². The highest BCUT2D eigenvalue weighted by atomic mass is 16.3. The fourth-order valence-corrected chi connectivity index (χ4v) is 2.22. The van der Waals surface area contributed by atoms with Crippen LogP contribution in [0.1, 0.15) is 16.3 Å². The lowest BCUT2D eigenvalue weighted by atomic mass is 10.1. The number of amides is 1. The van der Waals surface area contributed by atoms with E-state index in [1.54, 1.807) is 24.1 Å². The Morgan fingerprint density at radius 1 is 1.00 bits per heavy atom. The highest BCUT2D eigenvalue weighted by Crippen LogP contribution is 2.22. The lowest BCUT2D eigenvalue weighted by Crippen LogP contribution is -2.25. The molecule has 1 heterocycles. The van der Waals surface area contributed by atoms with Crippen LogP contribution in [0, 0.1) is 6.92 Å². The van der Waals surface area contributed by atoms with Crippen LogP contribution in [0.25, 0.3) is 10.8 Å². The molecule has 0 aliphatic carbocycles. The van der Waals surface area contributed by atoms with E-state index in [4.69, 9.17) is 4.42 Å². The van der Waals surface area contributed by atoms with Gasteiger partial charge in [-0.25, -0.2) is 0 Å². The summed E-state index contributed by atoms with van der Waals surface area (Å²) < 4.78 is 5.38. The first-order valence-electron chi connectivity index (χ1n) is 6.48. The van der Waals surface area contributed by atoms with Gasteiger partial charge in [0.2, 0.25) is 0 Å². The Bertz CT molecular complexity index is 773. The lowest BCUT2D eigenvalue weighted by molar-refractivity contribution is 0.0965. The zero-order chi connectivity index (χ0) is 14.1. The van der Waals surface area contributed by atoms with Gasteiger partial charge in [-0.3, -0.25) is 4.79 Å². The second-order valence-corrected chi connectivity index (χ2v) is 4.81. The molecular formula is C17H15NO2. The second kappa shape index (κ2) is 4.85. The minimum atomic E-state index is -0.145. The molecule has 100 valence electrons. The standard InChI is InChI=1S/C17H15NO2/c1-12-7-10-16(20-12)17(19)18(2)15-9-8-13-5-3-4-6-14(13)11-15/h3-11H,1-2H3. The number of anilines is 1. The fourth-order valence-electron chi connectivity index (χ4n) is 2.22. The number of furan rings is 1. The third kappa shape index (κ3) is 2.18. The van der Waals surface area contributed by atoms with E-state index in [2.05, 4.69) is 6.07 Å². The molecule has 0 spiro atoms. The van der Waals surface area contributed by atoms with Gasteiger partial charge in [-0.1, -0.05) is 30.3 Å². The van der Waals surface area contributed by atoms with E-state index in [9.17, 15) is 4.79 Å². The quantitative estimate of drug-likeness (QED) is 0.701. The Morgan fingerprint density at radius 2 is 1.75 bits per heavy atom. The smallest absolute Gasteiger partial charge is 0.293 e. The van der Waals surface area contributed by atoms with Crippen LogP contribution in [-0.2, 0) is 0 Å². The summed E-state index contributed by atoms with van der Waals surface area (Å²) in [6, 6.07) is 17.5. The normalized spacial score (nSPS) is 10.7. The van der Waals surface area contributed by atoms with Gasteiger partial charge in [0.25, 0.3) is 5.91 Å². The summed E-state index contributed by atoms with van der Waals surface area (Å²) in [6.07, 6.45) is 0. The monoisotopic (exact) mass is 265 g/mol. The number of fused-ring (bicyclic) bond motifs is 1. The van der Waals surface area contributed by atoms with Crippen molar-refractivity contribution in [3.63, 3.8) is 0 Å². The zero-order valence-electron chi connectivity index (χ0n) is 11.5. The number of carbonyl (C=O) groups is 1. The van der Waals surface area contributed by atoms with Crippen LogP contribution < -0.4 is 4.90 Å². The van der Waals surface area contributed by atoms with Crippen molar-refractivity contribution in [3.8, 4) is 0 Å². The summed E-state index contributed by atoms with van der Waals surface area (Å²) in [5.74, 6) is 0.951. The summed E-state index contributed by atoms with van der Waals surface area (Å²) >= 11 is 0. The van der Waals surface area contributed by atoms with Gasteiger partial charge in [-0.05, 0) is 42.0 Å². The maximum absolute atomic E-state index is 12.3. The molecule has 3 heteroatoms. The van der Waals surface area contributed by atoms with E-state index < -0.39 is 0 Å². The van der Waals surface area contributed by atoms with Crippen molar-refractivity contribution in [1.82, 2.24) is 0 Å². The lowest BCUT2D eigenvalue weighted by Gasteiger charge is -2.16. The summed E-state index contributed by atoms with van der Waals surface area (Å²) in [5, 5.41) is 2.27. The largest absolute Gasteiger partial charge is 0.456 e. The Hall–Kier alpha value is -2.55. The average molecular weight is 265 g/mol. The number of carbonyl (C=O) groups excluding carboxylic acids is 1. The maximum Gasteiger partial charge on any atom is 0.293 e. The molecule has 0 unspecified atom stereocenters. The van der Waals surface area contributed by atoms with Gasteiger partial charge in [0.15, 0.2) is 5.76 Å². The van der Waals surface area contributed by atoms with Crippen LogP contribution in [0.4, 0.5) is 5.69 Å². The second-order valence-electron chi connectivity index (χ2n) is 4.81. The average Bonchev–Trinajstić information content (AvgIpc) is 2.92. The molecule has 20 heavy (non-hydrogen) atoms. The molecule has 3 rings (SSSR count). The van der Waals surface area contributed by atoms with E-state index in [-0.39, 0.29) is 5.91 Å². The molecular weight excluding hydrogens is 250 g/mol. The van der Waals surface area contributed by atoms with Crippen LogP contribution >= 0.6 is 0 Å². The van der Waals surface area contributed by atoms with Crippen LogP contribution in [0.3, 0.4) is 0 Å². The molecule has 0 saturated carbocycles. The van der Waals surface area contributed by atoms with E-state index in [0.29, 0.717) is 5.76 Å². The topological polar surface area (TPSA) is 33.5 Å². The first-order chi connectivity index (χ1) is 9.65. The highest BCUT2D eigenvalue weighted by Gasteiger charge is 2.16. The van der Waals surface area contributed by atoms with Crippen molar-refractivity contribution in [3.05, 3.63) is 66.1 Å². The van der Waals surface area contributed by atoms with Gasteiger partial charge >= 0.3 is 0 Å². The van der Waals surface area contributed by atoms with Crippen molar-refractivity contribution in [2.24, 2.45) is 0 Å². The minimum Gasteiger partial charge on any atom is -0.456 e. The molecule has 3 nitrogen and oxygen atoms in total. The number of nitrogens with zero attached hydrogens (tertiary/aromatic N) is 1. The molecule has 0 saturated heterocycles. The van der Waals surface area contributed by atoms with Crippen molar-refractivity contribution >= 4 is 22.4 Å². The van der Waals surface area contributed by atoms with Gasteiger partial charge in [-0.15, -0.1) is 0 Å². The summed E-state index contributed by atoms with van der Waals surface area (Å²) in [4.78, 5) is 13.9. The Morgan fingerprint density at radius 3 is 2.45 bits per heavy atom. The molecule has 2 aromatic carbocycles. The number of hydrogen-bond acceptors (Lipinski definition) is 2. The first-order valence-corrected chi connectivity index (χ1v) is 6.48. The Balaban J connectivity index is 1.95. The molecule has 1 aromatic heterocycles. The van der Waals surface area contributed by atoms with Crippen molar-refractivity contribution in [2.75, 3.05) is 11.9 Å². The van der Waals surface area contributed by atoms with Gasteiger partial charge in [0.05, 0.1) is 0 Å². The molecule has 0 N–H and O–H groups in total. The summed E-state index contributed by atoms with van der Waals surface area (Å²) in [7, 11) is 1.75. The molecule has 0 radical (unpaired) electrons. The minimum absolute atomic E-state index is 0.145. The molecule has 0 fully saturated rings. The van der Waals surface area contributed by atoms with E-state index in [0.717, 1.165) is 22.2 Å². The summed E-state index contributed by atoms with van der Waals surface area (Å²) in [6.45, 7) is 1.83. The van der Waals surface area contributed by atoms with Crippen LogP contribution in [0.2, 0.25) is 0 Å². The van der Waals surface area contributed by atoms with Gasteiger partial charge in [-0.2, -0.15) is 0 Å². The SMILES string of the molecule is Cc1ccc(C(=O)N(C)c2ccc3ccccc3c2)o1. The molecule has 0 bridgehead atoms. The van der Waals surface area contributed by atoms with Gasteiger partial charge in [0, 0.05) is 12.7 Å². The molecule has 1 amide bonds. The van der Waals surface area contributed by atoms with Crippen molar-refractivity contribution in [2.45, 2.75) is 6.92 Å². The fraction of sp³-hybridized carbons (Fsp3) is 0.118. The predicted molar refractivity (Wildman–Crippen MR) is 80.1 cm³/mol.